The van der Waals surface area contributed by atoms with E-state index in [9.17, 15) is 14.7 Å². The van der Waals surface area contributed by atoms with Crippen LogP contribution in [0.2, 0.25) is 0 Å². The maximum atomic E-state index is 13.1. The lowest BCUT2D eigenvalue weighted by atomic mass is 9.95. The van der Waals surface area contributed by atoms with Crippen molar-refractivity contribution in [3.8, 4) is 11.5 Å². The van der Waals surface area contributed by atoms with Gasteiger partial charge in [0.25, 0.3) is 11.7 Å². The minimum Gasteiger partial charge on any atom is -0.507 e. The molecule has 2 aromatic rings. The van der Waals surface area contributed by atoms with E-state index in [1.54, 1.807) is 54.5 Å². The molecular weight excluding hydrogens is 420 g/mol. The van der Waals surface area contributed by atoms with E-state index in [4.69, 9.17) is 9.47 Å². The number of methoxy groups -OCH3 is 2. The number of benzene rings is 2. The maximum absolute atomic E-state index is 13.1. The van der Waals surface area contributed by atoms with Gasteiger partial charge in [-0.3, -0.25) is 9.59 Å². The van der Waals surface area contributed by atoms with Gasteiger partial charge < -0.3 is 24.4 Å². The van der Waals surface area contributed by atoms with Gasteiger partial charge >= 0.3 is 0 Å². The van der Waals surface area contributed by atoms with Crippen molar-refractivity contribution >= 4 is 17.4 Å². The smallest absolute Gasteiger partial charge is 0.295 e. The van der Waals surface area contributed by atoms with Crippen LogP contribution < -0.4 is 9.47 Å². The first kappa shape index (κ1) is 24.3. The minimum atomic E-state index is -0.721. The van der Waals surface area contributed by atoms with E-state index in [1.165, 1.54) is 7.11 Å². The zero-order valence-electron chi connectivity index (χ0n) is 19.7. The number of aliphatic hydroxyl groups excluding tert-OH is 1. The first-order valence-corrected chi connectivity index (χ1v) is 11.2. The summed E-state index contributed by atoms with van der Waals surface area (Å²) >= 11 is 0. The van der Waals surface area contributed by atoms with Crippen LogP contribution in [0, 0.1) is 0 Å². The molecule has 1 saturated heterocycles. The van der Waals surface area contributed by atoms with Gasteiger partial charge in [0.15, 0.2) is 11.5 Å². The van der Waals surface area contributed by atoms with Crippen LogP contribution in [0.1, 0.15) is 37.4 Å². The van der Waals surface area contributed by atoms with Crippen LogP contribution in [-0.2, 0) is 9.59 Å². The topological polar surface area (TPSA) is 79.3 Å². The molecule has 1 unspecified atom stereocenters. The third kappa shape index (κ3) is 5.03. The number of amides is 1. The van der Waals surface area contributed by atoms with E-state index in [2.05, 4.69) is 18.7 Å². The molecule has 3 rings (SSSR count). The lowest BCUT2D eigenvalue weighted by Crippen LogP contribution is -2.33. The van der Waals surface area contributed by atoms with Crippen molar-refractivity contribution in [2.45, 2.75) is 26.3 Å². The number of carbonyl (C=O) groups excluding carboxylic acids is 2. The molecule has 7 heteroatoms. The summed E-state index contributed by atoms with van der Waals surface area (Å²) in [6, 6.07) is 13.4. The summed E-state index contributed by atoms with van der Waals surface area (Å²) < 4.78 is 10.8. The van der Waals surface area contributed by atoms with E-state index in [0.29, 0.717) is 35.6 Å². The van der Waals surface area contributed by atoms with Crippen molar-refractivity contribution in [1.29, 1.82) is 0 Å². The molecule has 0 bridgehead atoms. The van der Waals surface area contributed by atoms with Gasteiger partial charge in [-0.05, 0) is 43.8 Å². The normalized spacial score (nSPS) is 17.6. The van der Waals surface area contributed by atoms with Crippen LogP contribution in [0.15, 0.2) is 54.1 Å². The van der Waals surface area contributed by atoms with Gasteiger partial charge in [-0.15, -0.1) is 0 Å². The Hall–Kier alpha value is -3.32. The number of rotatable bonds is 10. The molecule has 1 N–H and O–H groups in total. The SMILES string of the molecule is CCN(CC)CCCN1C(=O)C(=O)C(=C(O)c2ccccc2)C1c1ccc(OC)c(OC)c1. The quantitative estimate of drug-likeness (QED) is 0.335. The van der Waals surface area contributed by atoms with Gasteiger partial charge in [-0.2, -0.15) is 0 Å². The number of hydrogen-bond donors (Lipinski definition) is 1. The number of carbonyl (C=O) groups is 2. The second-order valence-electron chi connectivity index (χ2n) is 7.85. The molecule has 7 nitrogen and oxygen atoms in total. The molecule has 0 radical (unpaired) electrons. The van der Waals surface area contributed by atoms with Crippen LogP contribution >= 0.6 is 0 Å². The summed E-state index contributed by atoms with van der Waals surface area (Å²) in [5.74, 6) is -0.433. The average Bonchev–Trinajstić information content (AvgIpc) is 3.11. The molecule has 1 atom stereocenters. The van der Waals surface area contributed by atoms with Gasteiger partial charge in [-0.25, -0.2) is 0 Å². The lowest BCUT2D eigenvalue weighted by molar-refractivity contribution is -0.140. The van der Waals surface area contributed by atoms with E-state index >= 15 is 0 Å². The Labute approximate surface area is 195 Å². The maximum Gasteiger partial charge on any atom is 0.295 e. The van der Waals surface area contributed by atoms with Crippen molar-refractivity contribution in [3.05, 3.63) is 65.2 Å². The molecule has 1 fully saturated rings. The highest BCUT2D eigenvalue weighted by atomic mass is 16.5. The number of hydrogen-bond acceptors (Lipinski definition) is 6. The van der Waals surface area contributed by atoms with Crippen molar-refractivity contribution in [2.24, 2.45) is 0 Å². The number of Topliss-reactive ketones (excluding diaryl/α,β-unsaturated/α-hetero) is 1. The van der Waals surface area contributed by atoms with E-state index in [0.717, 1.165) is 19.6 Å². The summed E-state index contributed by atoms with van der Waals surface area (Å²) in [7, 11) is 3.08. The van der Waals surface area contributed by atoms with Crippen LogP contribution in [-0.4, -0.2) is 67.0 Å². The average molecular weight is 453 g/mol. The molecule has 0 aliphatic carbocycles. The van der Waals surface area contributed by atoms with Crippen molar-refractivity contribution in [3.63, 3.8) is 0 Å². The molecule has 1 aliphatic heterocycles. The second-order valence-corrected chi connectivity index (χ2v) is 7.85. The minimum absolute atomic E-state index is 0.0845. The van der Waals surface area contributed by atoms with Gasteiger partial charge in [0.2, 0.25) is 0 Å². The summed E-state index contributed by atoms with van der Waals surface area (Å²) in [6.45, 7) is 7.24. The molecular formula is C26H32N2O5. The number of ketones is 1. The number of nitrogens with zero attached hydrogens (tertiary/aromatic N) is 2. The molecule has 0 spiro atoms. The van der Waals surface area contributed by atoms with Crippen molar-refractivity contribution in [1.82, 2.24) is 9.80 Å². The summed E-state index contributed by atoms with van der Waals surface area (Å²) in [5, 5.41) is 11.1. The van der Waals surface area contributed by atoms with E-state index in [-0.39, 0.29) is 11.3 Å². The molecule has 1 heterocycles. The largest absolute Gasteiger partial charge is 0.507 e. The van der Waals surface area contributed by atoms with Gasteiger partial charge in [0, 0.05) is 12.1 Å². The van der Waals surface area contributed by atoms with Crippen LogP contribution in [0.25, 0.3) is 5.76 Å². The highest BCUT2D eigenvalue weighted by Crippen LogP contribution is 2.41. The van der Waals surface area contributed by atoms with Crippen molar-refractivity contribution in [2.75, 3.05) is 40.4 Å². The summed E-state index contributed by atoms with van der Waals surface area (Å²) in [5.41, 5.74) is 1.25. The molecule has 1 aliphatic rings. The predicted molar refractivity (Wildman–Crippen MR) is 127 cm³/mol. The molecule has 0 saturated carbocycles. The third-order valence-electron chi connectivity index (χ3n) is 6.08. The Balaban J connectivity index is 2.07. The van der Waals surface area contributed by atoms with Crippen molar-refractivity contribution < 1.29 is 24.2 Å². The first-order valence-electron chi connectivity index (χ1n) is 11.2. The van der Waals surface area contributed by atoms with Gasteiger partial charge in [-0.1, -0.05) is 50.2 Å². The van der Waals surface area contributed by atoms with Crippen LogP contribution in [0.5, 0.6) is 11.5 Å². The van der Waals surface area contributed by atoms with Gasteiger partial charge in [0.1, 0.15) is 5.76 Å². The first-order chi connectivity index (χ1) is 16.0. The fraction of sp³-hybridized carbons (Fsp3) is 0.385. The summed E-state index contributed by atoms with van der Waals surface area (Å²) in [6.07, 6.45) is 0.712. The highest BCUT2D eigenvalue weighted by Gasteiger charge is 2.46. The molecule has 2 aromatic carbocycles. The van der Waals surface area contributed by atoms with Crippen LogP contribution in [0.3, 0.4) is 0 Å². The number of likely N-dealkylation sites (tertiary alicyclic amines) is 1. The molecule has 33 heavy (non-hydrogen) atoms. The molecule has 176 valence electrons. The fourth-order valence-corrected chi connectivity index (χ4v) is 4.24. The molecule has 1 amide bonds. The Morgan fingerprint density at radius 1 is 1.00 bits per heavy atom. The van der Waals surface area contributed by atoms with E-state index in [1.807, 2.05) is 6.07 Å². The summed E-state index contributed by atoms with van der Waals surface area (Å²) in [4.78, 5) is 30.0. The predicted octanol–water partition coefficient (Wildman–Crippen LogP) is 3.86. The Morgan fingerprint density at radius 2 is 1.67 bits per heavy atom. The molecule has 0 aromatic heterocycles. The standard InChI is InChI=1S/C26H32N2O5/c1-5-27(6-2)15-10-16-28-23(19-13-14-20(32-3)21(17-19)33-4)22(25(30)26(28)31)24(29)18-11-8-7-9-12-18/h7-9,11-14,17,23,29H,5-6,10,15-16H2,1-4H3. The second kappa shape index (κ2) is 11.0. The van der Waals surface area contributed by atoms with Gasteiger partial charge in [0.05, 0.1) is 25.8 Å². The third-order valence-corrected chi connectivity index (χ3v) is 6.08. The Morgan fingerprint density at radius 3 is 2.27 bits per heavy atom. The lowest BCUT2D eigenvalue weighted by Gasteiger charge is -2.27. The number of ether oxygens (including phenoxy) is 2. The highest BCUT2D eigenvalue weighted by molar-refractivity contribution is 6.46. The zero-order chi connectivity index (χ0) is 24.0. The van der Waals surface area contributed by atoms with E-state index < -0.39 is 17.7 Å². The Bertz CT molecular complexity index is 1010. The zero-order valence-corrected chi connectivity index (χ0v) is 19.7. The monoisotopic (exact) mass is 452 g/mol. The number of aliphatic hydroxyl groups is 1. The van der Waals surface area contributed by atoms with Crippen LogP contribution in [0.4, 0.5) is 0 Å². The Kier molecular flexibility index (Phi) is 8.11. The fourth-order valence-electron chi connectivity index (χ4n) is 4.24.